The van der Waals surface area contributed by atoms with Crippen molar-refractivity contribution in [2.24, 2.45) is 0 Å². The highest BCUT2D eigenvalue weighted by atomic mass is 16.5. The van der Waals surface area contributed by atoms with Crippen molar-refractivity contribution in [3.8, 4) is 11.6 Å². The van der Waals surface area contributed by atoms with Crippen LogP contribution < -0.4 is 15.6 Å². The summed E-state index contributed by atoms with van der Waals surface area (Å²) in [6.45, 7) is 3.14. The van der Waals surface area contributed by atoms with Crippen molar-refractivity contribution in [2.45, 2.75) is 62.4 Å². The molecule has 9 nitrogen and oxygen atoms in total. The Bertz CT molecular complexity index is 1310. The number of likely N-dealkylation sites (tertiary alicyclic amines) is 1. The van der Waals surface area contributed by atoms with Gasteiger partial charge in [-0.25, -0.2) is 4.98 Å². The van der Waals surface area contributed by atoms with Crippen LogP contribution in [0.4, 0.5) is 0 Å². The summed E-state index contributed by atoms with van der Waals surface area (Å²) < 4.78 is 6.02. The first kappa shape index (κ1) is 23.0. The van der Waals surface area contributed by atoms with Crippen LogP contribution in [0.15, 0.2) is 48.7 Å². The van der Waals surface area contributed by atoms with E-state index in [4.69, 9.17) is 9.72 Å². The van der Waals surface area contributed by atoms with Crippen molar-refractivity contribution in [1.82, 2.24) is 30.6 Å². The molecule has 2 aromatic heterocycles. The van der Waals surface area contributed by atoms with E-state index in [1.165, 1.54) is 0 Å². The normalized spacial score (nSPS) is 26.5. The molecule has 0 radical (unpaired) electrons. The minimum atomic E-state index is -1.08. The fraction of sp³-hybridized carbons (Fsp3) is 0.464. The minimum Gasteiger partial charge on any atom is -0.439 e. The van der Waals surface area contributed by atoms with E-state index >= 15 is 0 Å². The predicted octanol–water partition coefficient (Wildman–Crippen LogP) is 2.66. The molecule has 192 valence electrons. The lowest BCUT2D eigenvalue weighted by molar-refractivity contribution is -0.146. The molecule has 3 unspecified atom stereocenters. The number of ether oxygens (including phenoxy) is 1. The molecular formula is C28H32N6O3. The number of pyridine rings is 2. The van der Waals surface area contributed by atoms with Crippen LogP contribution in [-0.2, 0) is 11.3 Å². The SMILES string of the molecule is O=C(N1CC2CCC(C1)N2Cc1ccc2cc(Oc3ccc(C4CCNN4)cn3)ccc2n1)C1(O)CC1. The first-order chi connectivity index (χ1) is 18.0. The minimum absolute atomic E-state index is 0.0693. The maximum Gasteiger partial charge on any atom is 0.254 e. The summed E-state index contributed by atoms with van der Waals surface area (Å²) in [7, 11) is 0. The van der Waals surface area contributed by atoms with Gasteiger partial charge in [0.15, 0.2) is 0 Å². The van der Waals surface area contributed by atoms with E-state index in [9.17, 15) is 9.90 Å². The summed E-state index contributed by atoms with van der Waals surface area (Å²) in [5.74, 6) is 1.24. The first-order valence-corrected chi connectivity index (χ1v) is 13.3. The molecule has 7 rings (SSSR count). The number of nitrogens with zero attached hydrogens (tertiary/aromatic N) is 4. The molecule has 3 aliphatic heterocycles. The zero-order valence-corrected chi connectivity index (χ0v) is 20.8. The van der Waals surface area contributed by atoms with E-state index in [1.54, 1.807) is 0 Å². The van der Waals surface area contributed by atoms with Crippen LogP contribution in [0.1, 0.15) is 49.4 Å². The van der Waals surface area contributed by atoms with Crippen LogP contribution >= 0.6 is 0 Å². The number of aliphatic hydroxyl groups is 1. The molecule has 0 spiro atoms. The quantitative estimate of drug-likeness (QED) is 0.475. The van der Waals surface area contributed by atoms with Gasteiger partial charge in [-0.05, 0) is 61.9 Å². The van der Waals surface area contributed by atoms with Crippen molar-refractivity contribution in [1.29, 1.82) is 0 Å². The molecule has 37 heavy (non-hydrogen) atoms. The van der Waals surface area contributed by atoms with Gasteiger partial charge in [0.2, 0.25) is 5.88 Å². The molecule has 1 aliphatic carbocycles. The standard InChI is InChI=1S/C28H32N6O3/c35-27(28(36)10-11-28)33-16-21-4-5-22(17-33)34(21)15-20-3-1-18-13-23(6-7-24(18)31-20)37-26-8-2-19(14-29-26)25-9-12-30-32-25/h1-3,6-8,13-14,21-22,25,30,32,36H,4-5,9-12,15-17H2. The highest BCUT2D eigenvalue weighted by Crippen LogP contribution is 2.39. The summed E-state index contributed by atoms with van der Waals surface area (Å²) in [6.07, 6.45) is 6.30. The summed E-state index contributed by atoms with van der Waals surface area (Å²) in [5.41, 5.74) is 8.44. The van der Waals surface area contributed by atoms with Gasteiger partial charge < -0.3 is 14.7 Å². The Labute approximate surface area is 215 Å². The molecule has 3 saturated heterocycles. The number of carbonyl (C=O) groups excluding carboxylic acids is 1. The van der Waals surface area contributed by atoms with E-state index in [0.717, 1.165) is 60.3 Å². The molecular weight excluding hydrogens is 468 g/mol. The molecule has 1 saturated carbocycles. The van der Waals surface area contributed by atoms with Crippen LogP contribution in [-0.4, -0.2) is 68.1 Å². The fourth-order valence-corrected chi connectivity index (χ4v) is 6.04. The fourth-order valence-electron chi connectivity index (χ4n) is 6.04. The Hall–Kier alpha value is -3.11. The molecule has 1 amide bonds. The van der Waals surface area contributed by atoms with Crippen LogP contribution in [0.25, 0.3) is 10.9 Å². The number of amides is 1. The summed E-state index contributed by atoms with van der Waals surface area (Å²) in [6, 6.07) is 15.0. The van der Waals surface area contributed by atoms with Gasteiger partial charge in [-0.3, -0.25) is 25.5 Å². The van der Waals surface area contributed by atoms with Crippen LogP contribution in [0.5, 0.6) is 11.6 Å². The number of hydrogen-bond donors (Lipinski definition) is 3. The second-order valence-corrected chi connectivity index (χ2v) is 10.9. The summed E-state index contributed by atoms with van der Waals surface area (Å²) in [5, 5.41) is 11.3. The van der Waals surface area contributed by atoms with Crippen LogP contribution in [0, 0.1) is 0 Å². The molecule has 4 aliphatic rings. The van der Waals surface area contributed by atoms with Crippen molar-refractivity contribution >= 4 is 16.8 Å². The van der Waals surface area contributed by atoms with E-state index in [0.29, 0.717) is 49.9 Å². The van der Waals surface area contributed by atoms with Gasteiger partial charge in [0.05, 0.1) is 11.2 Å². The number of benzene rings is 1. The lowest BCUT2D eigenvalue weighted by atomic mass is 10.1. The van der Waals surface area contributed by atoms with E-state index in [2.05, 4.69) is 38.9 Å². The molecule has 3 aromatic rings. The molecule has 1 aromatic carbocycles. The van der Waals surface area contributed by atoms with Crippen molar-refractivity contribution in [2.75, 3.05) is 19.6 Å². The number of carbonyl (C=O) groups is 1. The number of hydrogen-bond acceptors (Lipinski definition) is 8. The topological polar surface area (TPSA) is 103 Å². The Morgan fingerprint density at radius 3 is 2.62 bits per heavy atom. The largest absolute Gasteiger partial charge is 0.439 e. The molecule has 9 heteroatoms. The van der Waals surface area contributed by atoms with Gasteiger partial charge in [0.1, 0.15) is 11.4 Å². The highest BCUT2D eigenvalue weighted by molar-refractivity contribution is 5.88. The van der Waals surface area contributed by atoms with E-state index < -0.39 is 5.60 Å². The molecule has 4 fully saturated rings. The second-order valence-electron chi connectivity index (χ2n) is 10.9. The number of rotatable bonds is 6. The Morgan fingerprint density at radius 1 is 1.08 bits per heavy atom. The summed E-state index contributed by atoms with van der Waals surface area (Å²) in [4.78, 5) is 26.5. The van der Waals surface area contributed by atoms with Crippen LogP contribution in [0.2, 0.25) is 0 Å². The molecule has 3 N–H and O–H groups in total. The maximum absolute atomic E-state index is 12.7. The van der Waals surface area contributed by atoms with Gasteiger partial charge in [0.25, 0.3) is 5.91 Å². The molecule has 3 atom stereocenters. The van der Waals surface area contributed by atoms with E-state index in [-0.39, 0.29) is 5.91 Å². The third-order valence-electron chi connectivity index (χ3n) is 8.32. The maximum atomic E-state index is 12.7. The number of nitrogens with one attached hydrogen (secondary N) is 2. The van der Waals surface area contributed by atoms with Crippen molar-refractivity contribution < 1.29 is 14.6 Å². The zero-order chi connectivity index (χ0) is 25.0. The Morgan fingerprint density at radius 2 is 1.92 bits per heavy atom. The van der Waals surface area contributed by atoms with Gasteiger partial charge in [-0.2, -0.15) is 0 Å². The summed E-state index contributed by atoms with van der Waals surface area (Å²) >= 11 is 0. The van der Waals surface area contributed by atoms with Crippen molar-refractivity contribution in [3.63, 3.8) is 0 Å². The number of piperazine rings is 1. The number of aromatic nitrogens is 2. The number of fused-ring (bicyclic) bond motifs is 3. The van der Waals surface area contributed by atoms with Gasteiger partial charge in [0, 0.05) is 62.0 Å². The molecule has 2 bridgehead atoms. The van der Waals surface area contributed by atoms with Gasteiger partial charge in [-0.1, -0.05) is 12.1 Å². The van der Waals surface area contributed by atoms with Gasteiger partial charge >= 0.3 is 0 Å². The lowest BCUT2D eigenvalue weighted by Crippen LogP contribution is -2.57. The monoisotopic (exact) mass is 500 g/mol. The third kappa shape index (κ3) is 4.46. The zero-order valence-electron chi connectivity index (χ0n) is 20.8. The lowest BCUT2D eigenvalue weighted by Gasteiger charge is -2.41. The third-order valence-corrected chi connectivity index (χ3v) is 8.32. The Kier molecular flexibility index (Phi) is 5.62. The smallest absolute Gasteiger partial charge is 0.254 e. The highest BCUT2D eigenvalue weighted by Gasteiger charge is 2.52. The first-order valence-electron chi connectivity index (χ1n) is 13.3. The van der Waals surface area contributed by atoms with Crippen molar-refractivity contribution in [3.05, 3.63) is 59.9 Å². The van der Waals surface area contributed by atoms with E-state index in [1.807, 2.05) is 35.4 Å². The Balaban J connectivity index is 1.01. The number of hydrazine groups is 1. The van der Waals surface area contributed by atoms with Crippen LogP contribution in [0.3, 0.4) is 0 Å². The van der Waals surface area contributed by atoms with Gasteiger partial charge in [-0.15, -0.1) is 0 Å². The predicted molar refractivity (Wildman–Crippen MR) is 138 cm³/mol. The average molecular weight is 501 g/mol. The molecule has 5 heterocycles. The second kappa shape index (κ2) is 9.02. The average Bonchev–Trinajstić information content (AvgIpc) is 3.33.